The van der Waals surface area contributed by atoms with E-state index in [1.807, 2.05) is 6.08 Å². The Bertz CT molecular complexity index is 341. The van der Waals surface area contributed by atoms with Crippen molar-refractivity contribution < 1.29 is 9.53 Å². The van der Waals surface area contributed by atoms with Gasteiger partial charge >= 0.3 is 5.97 Å². The minimum atomic E-state index is -0.146. The van der Waals surface area contributed by atoms with Crippen molar-refractivity contribution in [1.29, 1.82) is 0 Å². The van der Waals surface area contributed by atoms with E-state index in [0.717, 1.165) is 6.42 Å². The molecule has 0 aromatic carbocycles. The highest BCUT2D eigenvalue weighted by Crippen LogP contribution is 2.14. The third-order valence-corrected chi connectivity index (χ3v) is 5.46. The van der Waals surface area contributed by atoms with Crippen LogP contribution in [0, 0.1) is 0 Å². The number of hydrogen-bond acceptors (Lipinski definition) is 3. The highest BCUT2D eigenvalue weighted by atomic mass is 32.1. The van der Waals surface area contributed by atoms with Crippen molar-refractivity contribution in [3.63, 3.8) is 0 Å². The van der Waals surface area contributed by atoms with E-state index in [0.29, 0.717) is 18.8 Å². The van der Waals surface area contributed by atoms with Crippen LogP contribution in [0.2, 0.25) is 0 Å². The van der Waals surface area contributed by atoms with Crippen molar-refractivity contribution in [3.8, 4) is 0 Å². The fraction of sp³-hybridized carbons (Fsp3) is 0.880. The molecule has 0 N–H and O–H groups in total. The van der Waals surface area contributed by atoms with E-state index < -0.39 is 0 Å². The predicted octanol–water partition coefficient (Wildman–Crippen LogP) is 8.45. The van der Waals surface area contributed by atoms with Gasteiger partial charge < -0.3 is 4.74 Å². The normalized spacial score (nSPS) is 11.4. The molecule has 3 heteroatoms. The van der Waals surface area contributed by atoms with Crippen LogP contribution in [0.1, 0.15) is 129 Å². The van der Waals surface area contributed by atoms with Gasteiger partial charge in [0.15, 0.2) is 0 Å². The molecule has 0 aliphatic rings. The van der Waals surface area contributed by atoms with E-state index in [1.165, 1.54) is 109 Å². The van der Waals surface area contributed by atoms with Gasteiger partial charge in [-0.05, 0) is 12.8 Å². The second kappa shape index (κ2) is 24.6. The fourth-order valence-corrected chi connectivity index (χ4v) is 3.59. The zero-order valence-corrected chi connectivity index (χ0v) is 19.7. The molecule has 0 heterocycles. The van der Waals surface area contributed by atoms with Gasteiger partial charge in [-0.2, -0.15) is 12.6 Å². The molecular formula is C25H48O2S. The summed E-state index contributed by atoms with van der Waals surface area (Å²) in [6, 6.07) is 0. The number of carbonyl (C=O) groups is 1. The first-order valence-corrected chi connectivity index (χ1v) is 12.9. The van der Waals surface area contributed by atoms with Gasteiger partial charge in [-0.25, -0.2) is 0 Å². The summed E-state index contributed by atoms with van der Waals surface area (Å²) in [7, 11) is 0. The summed E-state index contributed by atoms with van der Waals surface area (Å²) in [5.41, 5.74) is 0. The molecule has 0 aliphatic carbocycles. The summed E-state index contributed by atoms with van der Waals surface area (Å²) in [5, 5.41) is 0. The second-order valence-electron chi connectivity index (χ2n) is 8.07. The average molecular weight is 413 g/mol. The number of unbranched alkanes of at least 4 members (excludes halogenated alkanes) is 17. The first-order chi connectivity index (χ1) is 13.8. The number of allylic oxidation sites excluding steroid dienone is 1. The highest BCUT2D eigenvalue weighted by molar-refractivity contribution is 7.80. The minimum absolute atomic E-state index is 0.146. The summed E-state index contributed by atoms with van der Waals surface area (Å²) >= 11 is 4.02. The molecule has 0 fully saturated rings. The van der Waals surface area contributed by atoms with Crippen molar-refractivity contribution in [1.82, 2.24) is 0 Å². The van der Waals surface area contributed by atoms with Crippen LogP contribution in [-0.4, -0.2) is 18.3 Å². The molecule has 2 nitrogen and oxygen atoms in total. The number of carbonyl (C=O) groups excluding carboxylic acids is 1. The van der Waals surface area contributed by atoms with Crippen LogP contribution in [0.25, 0.3) is 0 Å². The van der Waals surface area contributed by atoms with Gasteiger partial charge in [-0.1, -0.05) is 122 Å². The van der Waals surface area contributed by atoms with Gasteiger partial charge in [0.1, 0.15) is 6.61 Å². The number of rotatable bonds is 22. The summed E-state index contributed by atoms with van der Waals surface area (Å²) < 4.78 is 4.97. The lowest BCUT2D eigenvalue weighted by Crippen LogP contribution is -2.04. The molecule has 166 valence electrons. The van der Waals surface area contributed by atoms with E-state index in [1.54, 1.807) is 0 Å². The standard InChI is InChI=1S/C25H48O2S/c1-2-3-4-5-6-7-8-9-10-11-12-13-14-15-16-17-18-19-20-21-22-25(26)27-23-24-28/h20-21,28H,2-19,22-24H2,1H3/b21-20+. The van der Waals surface area contributed by atoms with Crippen molar-refractivity contribution >= 4 is 18.6 Å². The highest BCUT2D eigenvalue weighted by Gasteiger charge is 1.97. The molecular weight excluding hydrogens is 364 g/mol. The molecule has 0 aromatic rings. The summed E-state index contributed by atoms with van der Waals surface area (Å²) in [4.78, 5) is 11.3. The van der Waals surface area contributed by atoms with Crippen LogP contribution in [0.5, 0.6) is 0 Å². The minimum Gasteiger partial charge on any atom is -0.465 e. The molecule has 0 spiro atoms. The molecule has 28 heavy (non-hydrogen) atoms. The van der Waals surface area contributed by atoms with Gasteiger partial charge in [-0.3, -0.25) is 4.79 Å². The lowest BCUT2D eigenvalue weighted by molar-refractivity contribution is -0.141. The number of ether oxygens (including phenoxy) is 1. The monoisotopic (exact) mass is 412 g/mol. The molecule has 0 amide bonds. The lowest BCUT2D eigenvalue weighted by atomic mass is 10.0. The van der Waals surface area contributed by atoms with Crippen molar-refractivity contribution in [2.24, 2.45) is 0 Å². The first kappa shape index (κ1) is 27.6. The zero-order valence-electron chi connectivity index (χ0n) is 18.8. The van der Waals surface area contributed by atoms with Crippen LogP contribution < -0.4 is 0 Å². The molecule has 0 aliphatic heterocycles. The van der Waals surface area contributed by atoms with E-state index in [9.17, 15) is 4.79 Å². The average Bonchev–Trinajstić information content (AvgIpc) is 2.70. The van der Waals surface area contributed by atoms with Crippen molar-refractivity contribution in [3.05, 3.63) is 12.2 Å². The molecule has 0 bridgehead atoms. The first-order valence-electron chi connectivity index (χ1n) is 12.2. The lowest BCUT2D eigenvalue weighted by Gasteiger charge is -2.03. The third-order valence-electron chi connectivity index (χ3n) is 5.28. The molecule has 0 atom stereocenters. The predicted molar refractivity (Wildman–Crippen MR) is 127 cm³/mol. The van der Waals surface area contributed by atoms with Crippen molar-refractivity contribution in [2.45, 2.75) is 129 Å². The molecule has 0 aromatic heterocycles. The maximum atomic E-state index is 11.3. The Kier molecular flexibility index (Phi) is 24.2. The summed E-state index contributed by atoms with van der Waals surface area (Å²) in [6.07, 6.45) is 29.5. The molecule has 0 saturated heterocycles. The summed E-state index contributed by atoms with van der Waals surface area (Å²) in [5.74, 6) is 0.446. The van der Waals surface area contributed by atoms with E-state index in [4.69, 9.17) is 4.74 Å². The van der Waals surface area contributed by atoms with E-state index >= 15 is 0 Å². The van der Waals surface area contributed by atoms with Crippen LogP contribution >= 0.6 is 12.6 Å². The van der Waals surface area contributed by atoms with Gasteiger partial charge in [0.05, 0.1) is 6.42 Å². The Morgan fingerprint density at radius 1 is 0.679 bits per heavy atom. The van der Waals surface area contributed by atoms with Crippen LogP contribution in [0.4, 0.5) is 0 Å². The maximum absolute atomic E-state index is 11.3. The molecule has 0 unspecified atom stereocenters. The van der Waals surface area contributed by atoms with Crippen LogP contribution in [-0.2, 0) is 9.53 Å². The molecule has 0 saturated carbocycles. The van der Waals surface area contributed by atoms with Crippen LogP contribution in [0.3, 0.4) is 0 Å². The zero-order chi connectivity index (χ0) is 20.5. The number of thiol groups is 1. The SMILES string of the molecule is CCCCCCCCCCCCCCCCCCC/C=C/CC(=O)OCCS. The van der Waals surface area contributed by atoms with Gasteiger partial charge in [-0.15, -0.1) is 0 Å². The fourth-order valence-electron chi connectivity index (χ4n) is 3.50. The third kappa shape index (κ3) is 23.6. The molecule has 0 radical (unpaired) electrons. The Balaban J connectivity index is 3.11. The Morgan fingerprint density at radius 2 is 1.11 bits per heavy atom. The van der Waals surface area contributed by atoms with Crippen molar-refractivity contribution in [2.75, 3.05) is 12.4 Å². The summed E-state index contributed by atoms with van der Waals surface area (Å²) in [6.45, 7) is 2.70. The Hall–Kier alpha value is -0.440. The number of hydrogen-bond donors (Lipinski definition) is 1. The molecule has 0 rings (SSSR count). The topological polar surface area (TPSA) is 26.3 Å². The van der Waals surface area contributed by atoms with Gasteiger partial charge in [0.2, 0.25) is 0 Å². The second-order valence-corrected chi connectivity index (χ2v) is 8.51. The Labute approximate surface area is 181 Å². The Morgan fingerprint density at radius 3 is 1.54 bits per heavy atom. The maximum Gasteiger partial charge on any atom is 0.309 e. The van der Waals surface area contributed by atoms with Gasteiger partial charge in [0.25, 0.3) is 0 Å². The van der Waals surface area contributed by atoms with E-state index in [2.05, 4.69) is 25.6 Å². The van der Waals surface area contributed by atoms with E-state index in [-0.39, 0.29) is 5.97 Å². The largest absolute Gasteiger partial charge is 0.465 e. The van der Waals surface area contributed by atoms with Gasteiger partial charge in [0, 0.05) is 5.75 Å². The number of esters is 1. The smallest absolute Gasteiger partial charge is 0.309 e. The quantitative estimate of drug-likeness (QED) is 0.0835. The van der Waals surface area contributed by atoms with Crippen LogP contribution in [0.15, 0.2) is 12.2 Å².